The highest BCUT2D eigenvalue weighted by molar-refractivity contribution is 5.99. The van der Waals surface area contributed by atoms with Crippen molar-refractivity contribution in [2.24, 2.45) is 0 Å². The normalized spacial score (nSPS) is 17.2. The molecule has 0 aromatic heterocycles. The summed E-state index contributed by atoms with van der Waals surface area (Å²) in [6.07, 6.45) is 0. The van der Waals surface area contributed by atoms with E-state index in [4.69, 9.17) is 0 Å². The summed E-state index contributed by atoms with van der Waals surface area (Å²) < 4.78 is 0. The Hall–Kier alpha value is -1.35. The predicted molar refractivity (Wildman–Crippen MR) is 66.8 cm³/mol. The molecule has 0 fully saturated rings. The van der Waals surface area contributed by atoms with E-state index in [1.165, 1.54) is 0 Å². The number of nitrogens with zero attached hydrogens (tertiary/aromatic N) is 1. The molecule has 0 saturated heterocycles. The maximum atomic E-state index is 12.3. The third kappa shape index (κ3) is 1.95. The summed E-state index contributed by atoms with van der Waals surface area (Å²) >= 11 is 0. The van der Waals surface area contributed by atoms with Crippen LogP contribution < -0.4 is 0 Å². The van der Waals surface area contributed by atoms with Gasteiger partial charge in [0.15, 0.2) is 0 Å². The summed E-state index contributed by atoms with van der Waals surface area (Å²) in [6, 6.07) is 5.72. The van der Waals surface area contributed by atoms with E-state index in [1.807, 2.05) is 32.0 Å². The Bertz CT molecular complexity index is 460. The van der Waals surface area contributed by atoms with Crippen LogP contribution in [0, 0.1) is 6.92 Å². The van der Waals surface area contributed by atoms with Crippen LogP contribution in [0.25, 0.3) is 0 Å². The highest BCUT2D eigenvalue weighted by atomic mass is 16.3. The molecule has 0 spiro atoms. The molecule has 92 valence electrons. The van der Waals surface area contributed by atoms with Gasteiger partial charge in [-0.05, 0) is 38.8 Å². The molecule has 0 radical (unpaired) electrons. The zero-order chi connectivity index (χ0) is 12.8. The maximum absolute atomic E-state index is 12.3. The standard InChI is InChI=1S/C14H19NO2/c1-9-6-5-7-11-8-15(13(16)12(9)11)10(2)14(3,4)17/h5-7,10,17H,8H2,1-4H3. The zero-order valence-corrected chi connectivity index (χ0v) is 10.8. The van der Waals surface area contributed by atoms with Gasteiger partial charge in [0.05, 0.1) is 11.6 Å². The Morgan fingerprint density at radius 2 is 2.06 bits per heavy atom. The van der Waals surface area contributed by atoms with Gasteiger partial charge < -0.3 is 10.0 Å². The molecule has 17 heavy (non-hydrogen) atoms. The second-order valence-electron chi connectivity index (χ2n) is 5.37. The minimum absolute atomic E-state index is 0.0349. The molecule has 1 atom stereocenters. The van der Waals surface area contributed by atoms with Crippen molar-refractivity contribution in [3.05, 3.63) is 34.9 Å². The number of benzene rings is 1. The van der Waals surface area contributed by atoms with E-state index >= 15 is 0 Å². The van der Waals surface area contributed by atoms with Gasteiger partial charge in [0.1, 0.15) is 0 Å². The van der Waals surface area contributed by atoms with E-state index < -0.39 is 5.60 Å². The largest absolute Gasteiger partial charge is 0.388 e. The Balaban J connectivity index is 2.36. The Labute approximate surface area is 102 Å². The molecule has 0 aliphatic carbocycles. The third-order valence-corrected chi connectivity index (χ3v) is 3.66. The van der Waals surface area contributed by atoms with Crippen LogP contribution in [0.2, 0.25) is 0 Å². The SMILES string of the molecule is Cc1cccc2c1C(=O)N(C(C)C(C)(C)O)C2. The van der Waals surface area contributed by atoms with Crippen LogP contribution in [0.1, 0.15) is 42.3 Å². The van der Waals surface area contributed by atoms with E-state index in [0.717, 1.165) is 16.7 Å². The Kier molecular flexibility index (Phi) is 2.74. The molecule has 1 aromatic rings. The molecule has 1 aliphatic rings. The molecule has 1 unspecified atom stereocenters. The fourth-order valence-electron chi connectivity index (χ4n) is 2.26. The van der Waals surface area contributed by atoms with Gasteiger partial charge in [0, 0.05) is 12.1 Å². The van der Waals surface area contributed by atoms with Crippen molar-refractivity contribution < 1.29 is 9.90 Å². The minimum atomic E-state index is -0.883. The molecule has 3 heteroatoms. The lowest BCUT2D eigenvalue weighted by molar-refractivity contribution is -0.00647. The molecular weight excluding hydrogens is 214 g/mol. The van der Waals surface area contributed by atoms with Gasteiger partial charge in [-0.25, -0.2) is 0 Å². The predicted octanol–water partition coefficient (Wildman–Crippen LogP) is 2.11. The molecule has 1 aliphatic heterocycles. The van der Waals surface area contributed by atoms with Crippen molar-refractivity contribution in [1.29, 1.82) is 0 Å². The van der Waals surface area contributed by atoms with Gasteiger partial charge in [-0.3, -0.25) is 4.79 Å². The summed E-state index contributed by atoms with van der Waals surface area (Å²) in [4.78, 5) is 14.1. The van der Waals surface area contributed by atoms with Crippen LogP contribution in [0.3, 0.4) is 0 Å². The third-order valence-electron chi connectivity index (χ3n) is 3.66. The van der Waals surface area contributed by atoms with Gasteiger partial charge in [-0.1, -0.05) is 18.2 Å². The number of fused-ring (bicyclic) bond motifs is 1. The van der Waals surface area contributed by atoms with Gasteiger partial charge in [0.2, 0.25) is 0 Å². The van der Waals surface area contributed by atoms with Crippen LogP contribution in [0.5, 0.6) is 0 Å². The smallest absolute Gasteiger partial charge is 0.255 e. The molecule has 0 bridgehead atoms. The molecule has 1 amide bonds. The van der Waals surface area contributed by atoms with Gasteiger partial charge in [0.25, 0.3) is 5.91 Å². The summed E-state index contributed by atoms with van der Waals surface area (Å²) in [5, 5.41) is 10.0. The number of hydrogen-bond donors (Lipinski definition) is 1. The van der Waals surface area contributed by atoms with E-state index in [9.17, 15) is 9.90 Å². The fraction of sp³-hybridized carbons (Fsp3) is 0.500. The highest BCUT2D eigenvalue weighted by Crippen LogP contribution is 2.29. The van der Waals surface area contributed by atoms with Crippen LogP contribution >= 0.6 is 0 Å². The number of rotatable bonds is 2. The second-order valence-corrected chi connectivity index (χ2v) is 5.37. The van der Waals surface area contributed by atoms with E-state index in [1.54, 1.807) is 18.7 Å². The topological polar surface area (TPSA) is 40.5 Å². The molecular formula is C14H19NO2. The monoisotopic (exact) mass is 233 g/mol. The number of carbonyl (C=O) groups is 1. The summed E-state index contributed by atoms with van der Waals surface area (Å²) in [5.41, 5.74) is 2.00. The average Bonchev–Trinajstić information content (AvgIpc) is 2.55. The first-order valence-electron chi connectivity index (χ1n) is 5.94. The molecule has 3 nitrogen and oxygen atoms in total. The lowest BCUT2D eigenvalue weighted by Crippen LogP contribution is -2.47. The summed E-state index contributed by atoms with van der Waals surface area (Å²) in [5.74, 6) is 0.0349. The Morgan fingerprint density at radius 3 is 2.59 bits per heavy atom. The lowest BCUT2D eigenvalue weighted by atomic mass is 9.99. The second kappa shape index (κ2) is 3.84. The quantitative estimate of drug-likeness (QED) is 0.850. The molecule has 1 aromatic carbocycles. The van der Waals surface area contributed by atoms with E-state index in [0.29, 0.717) is 6.54 Å². The lowest BCUT2D eigenvalue weighted by Gasteiger charge is -2.33. The minimum Gasteiger partial charge on any atom is -0.388 e. The maximum Gasteiger partial charge on any atom is 0.255 e. The van der Waals surface area contributed by atoms with E-state index in [-0.39, 0.29) is 11.9 Å². The average molecular weight is 233 g/mol. The molecule has 2 rings (SSSR count). The van der Waals surface area contributed by atoms with E-state index in [2.05, 4.69) is 0 Å². The van der Waals surface area contributed by atoms with Crippen molar-refractivity contribution in [3.63, 3.8) is 0 Å². The zero-order valence-electron chi connectivity index (χ0n) is 10.8. The number of aryl methyl sites for hydroxylation is 1. The first-order chi connectivity index (χ1) is 7.82. The number of carbonyl (C=O) groups excluding carboxylic acids is 1. The van der Waals surface area contributed by atoms with Crippen molar-refractivity contribution >= 4 is 5.91 Å². The molecule has 1 heterocycles. The van der Waals surface area contributed by atoms with Crippen molar-refractivity contribution in [2.45, 2.75) is 45.9 Å². The van der Waals surface area contributed by atoms with Crippen LogP contribution in [0.4, 0.5) is 0 Å². The first kappa shape index (κ1) is 12.1. The van der Waals surface area contributed by atoms with Gasteiger partial charge in [-0.15, -0.1) is 0 Å². The Morgan fingerprint density at radius 1 is 1.41 bits per heavy atom. The first-order valence-corrected chi connectivity index (χ1v) is 5.94. The van der Waals surface area contributed by atoms with Crippen LogP contribution in [-0.2, 0) is 6.54 Å². The summed E-state index contributed by atoms with van der Waals surface area (Å²) in [6.45, 7) is 7.91. The number of hydrogen-bond acceptors (Lipinski definition) is 2. The van der Waals surface area contributed by atoms with Gasteiger partial charge in [-0.2, -0.15) is 0 Å². The molecule has 0 saturated carbocycles. The highest BCUT2D eigenvalue weighted by Gasteiger charge is 2.37. The van der Waals surface area contributed by atoms with Crippen molar-refractivity contribution in [2.75, 3.05) is 0 Å². The van der Waals surface area contributed by atoms with Crippen LogP contribution in [0.15, 0.2) is 18.2 Å². The number of aliphatic hydroxyl groups is 1. The van der Waals surface area contributed by atoms with Crippen LogP contribution in [-0.4, -0.2) is 27.6 Å². The number of amides is 1. The van der Waals surface area contributed by atoms with Gasteiger partial charge >= 0.3 is 0 Å². The van der Waals surface area contributed by atoms with Crippen molar-refractivity contribution in [1.82, 2.24) is 4.90 Å². The molecule has 1 N–H and O–H groups in total. The van der Waals surface area contributed by atoms with Crippen molar-refractivity contribution in [3.8, 4) is 0 Å². The summed E-state index contributed by atoms with van der Waals surface area (Å²) in [7, 11) is 0. The fourth-order valence-corrected chi connectivity index (χ4v) is 2.26.